The number of quaternary nitrogens is 1. The predicted octanol–water partition coefficient (Wildman–Crippen LogP) is 3.42. The van der Waals surface area contributed by atoms with Crippen molar-refractivity contribution in [1.29, 1.82) is 0 Å². The highest BCUT2D eigenvalue weighted by Gasteiger charge is 2.39. The molecule has 6 N–H and O–H groups in total. The van der Waals surface area contributed by atoms with Crippen LogP contribution in [0.5, 0.6) is 5.75 Å². The summed E-state index contributed by atoms with van der Waals surface area (Å²) in [5.41, 5.74) is 7.21. The van der Waals surface area contributed by atoms with Crippen LogP contribution < -0.4 is 26.4 Å². The zero-order valence-electron chi connectivity index (χ0n) is 45.8. The normalized spacial score (nSPS) is 16.7. The minimum Gasteiger partial charge on any atom is -0.591 e. The smallest absolute Gasteiger partial charge is 0.306 e. The molecule has 0 aliphatic carbocycles. The van der Waals surface area contributed by atoms with E-state index in [1.807, 2.05) is 27.7 Å². The minimum atomic E-state index is -1.04. The molecule has 4 rings (SSSR count). The summed E-state index contributed by atoms with van der Waals surface area (Å²) in [6.45, 7) is 14.9. The van der Waals surface area contributed by atoms with Crippen LogP contribution in [0.2, 0.25) is 0 Å². The number of ether oxygens (including phenoxy) is 1. The summed E-state index contributed by atoms with van der Waals surface area (Å²) in [4.78, 5) is 122. The number of hydrogen-bond acceptors (Lipinski definition) is 16. The van der Waals surface area contributed by atoms with E-state index in [1.165, 1.54) is 47.5 Å². The van der Waals surface area contributed by atoms with E-state index in [1.54, 1.807) is 75.3 Å². The van der Waals surface area contributed by atoms with Gasteiger partial charge in [-0.25, -0.2) is 4.98 Å². The number of hydrogen-bond donors (Lipinski definition) is 5. The third-order valence-corrected chi connectivity index (χ3v) is 14.9. The average Bonchev–Trinajstić information content (AvgIpc) is 4.07. The number of esters is 1. The second-order valence-electron chi connectivity index (χ2n) is 20.5. The molecule has 3 heterocycles. The summed E-state index contributed by atoms with van der Waals surface area (Å²) in [6, 6.07) is 3.13. The van der Waals surface area contributed by atoms with Crippen LogP contribution in [-0.4, -0.2) is 154 Å². The van der Waals surface area contributed by atoms with Gasteiger partial charge in [0, 0.05) is 82.2 Å². The fourth-order valence-electron chi connectivity index (χ4n) is 8.45. The number of carboxylic acids is 1. The van der Waals surface area contributed by atoms with Gasteiger partial charge in [0.1, 0.15) is 29.1 Å². The Morgan fingerprint density at radius 2 is 1.53 bits per heavy atom. The molecule has 0 fully saturated rings. The molecule has 6 amide bonds. The first-order valence-electron chi connectivity index (χ1n) is 25.8. The number of nitrogens with one attached hydrogen (secondary N) is 3. The lowest BCUT2D eigenvalue weighted by atomic mass is 9.92. The number of aromatic nitrogens is 1. The van der Waals surface area contributed by atoms with Crippen LogP contribution in [0.15, 0.2) is 52.9 Å². The van der Waals surface area contributed by atoms with Gasteiger partial charge in [-0.15, -0.1) is 11.3 Å². The number of hydroxylamine groups is 2. The highest BCUT2D eigenvalue weighted by atomic mass is 32.1. The number of carbonyl (C=O) groups is 8. The van der Waals surface area contributed by atoms with Crippen molar-refractivity contribution < 1.29 is 58.3 Å². The van der Waals surface area contributed by atoms with E-state index < -0.39 is 64.7 Å². The van der Waals surface area contributed by atoms with Gasteiger partial charge in [-0.05, 0) is 89.6 Å². The molecule has 0 spiro atoms. The number of thiazole rings is 1. The van der Waals surface area contributed by atoms with Gasteiger partial charge in [-0.1, -0.05) is 47.1 Å². The first kappa shape index (κ1) is 62.0. The minimum absolute atomic E-state index is 0.0114. The number of carbonyl (C=O) groups excluding carboxylic acids is 7. The van der Waals surface area contributed by atoms with Gasteiger partial charge in [0.2, 0.25) is 17.6 Å². The molecule has 0 saturated carbocycles. The van der Waals surface area contributed by atoms with Crippen molar-refractivity contribution in [3.8, 4) is 5.75 Å². The Balaban J connectivity index is 1.57. The maximum Gasteiger partial charge on any atom is 0.306 e. The number of carboxylic acid groups (broad SMARTS) is 1. The lowest BCUT2D eigenvalue weighted by molar-refractivity contribution is -1.02. The molecule has 22 nitrogen and oxygen atoms in total. The van der Waals surface area contributed by atoms with E-state index in [4.69, 9.17) is 25.3 Å². The molecule has 2 aliphatic rings. The largest absolute Gasteiger partial charge is 0.591 e. The van der Waals surface area contributed by atoms with E-state index in [9.17, 15) is 48.7 Å². The van der Waals surface area contributed by atoms with Crippen molar-refractivity contribution in [2.45, 2.75) is 137 Å². The van der Waals surface area contributed by atoms with Crippen LogP contribution in [0.3, 0.4) is 0 Å². The first-order valence-corrected chi connectivity index (χ1v) is 26.7. The van der Waals surface area contributed by atoms with E-state index >= 15 is 0 Å². The summed E-state index contributed by atoms with van der Waals surface area (Å²) in [7, 11) is 5.28. The van der Waals surface area contributed by atoms with Crippen molar-refractivity contribution in [1.82, 2.24) is 29.9 Å². The number of benzene rings is 1. The molecule has 0 saturated heterocycles. The van der Waals surface area contributed by atoms with Gasteiger partial charge >= 0.3 is 11.9 Å². The van der Waals surface area contributed by atoms with E-state index in [2.05, 4.69) is 10.6 Å². The van der Waals surface area contributed by atoms with E-state index in [0.717, 1.165) is 4.90 Å². The van der Waals surface area contributed by atoms with Gasteiger partial charge in [0.15, 0.2) is 6.10 Å². The van der Waals surface area contributed by atoms with Gasteiger partial charge in [0.05, 0.1) is 23.2 Å². The molecule has 76 heavy (non-hydrogen) atoms. The van der Waals surface area contributed by atoms with E-state index in [0.29, 0.717) is 48.5 Å². The fraction of sp³-hybridized carbons (Fsp3) is 0.585. The van der Waals surface area contributed by atoms with Crippen molar-refractivity contribution in [3.05, 3.63) is 69.4 Å². The topological polar surface area (TPSA) is 291 Å². The Kier molecular flexibility index (Phi) is 23.3. The Morgan fingerprint density at radius 1 is 0.921 bits per heavy atom. The zero-order chi connectivity index (χ0) is 56.6. The number of aliphatic imine (C=N–C) groups is 1. The quantitative estimate of drug-likeness (QED) is 0.0175. The SMILES string of the molecule is CC[C@H](C)C(NC(=O)C(C)(C)N(C)C)C(=O)N(C)[C@H](C[C@@H](OC(C)=O)c1nc(C(N)=N[C@@H](Cc2ccc(O[NH+]([O-])CCCN3C(=O)C=CC3=O)c(NCCCCCN3C(=O)C=CC3=O)c2)CC(C)C(=O)O)cs1)C(C)C. The monoisotopic (exact) mass is 1080 g/mol. The van der Waals surface area contributed by atoms with Crippen LogP contribution in [0, 0.1) is 23.0 Å². The number of nitrogens with two attached hydrogens (primary N) is 1. The highest BCUT2D eigenvalue weighted by molar-refractivity contribution is 7.09. The molecule has 0 radical (unpaired) electrons. The first-order chi connectivity index (χ1) is 35.7. The molecular formula is C53H78N10O12S. The number of likely N-dealkylation sites (N-methyl/N-ethyl adjacent to an activating group) is 2. The molecule has 1 aromatic heterocycles. The number of anilines is 1. The molecule has 7 atom stereocenters. The lowest BCUT2D eigenvalue weighted by Gasteiger charge is -2.38. The van der Waals surface area contributed by atoms with Crippen LogP contribution in [0.4, 0.5) is 5.69 Å². The van der Waals surface area contributed by atoms with Gasteiger partial charge in [-0.2, -0.15) is 5.23 Å². The zero-order valence-corrected chi connectivity index (χ0v) is 46.6. The molecule has 3 unspecified atom stereocenters. The van der Waals surface area contributed by atoms with Crippen molar-refractivity contribution in [2.24, 2.45) is 28.5 Å². The maximum absolute atomic E-state index is 14.4. The number of unbranched alkanes of at least 4 members (excludes halogenated alkanes) is 2. The number of aliphatic carboxylic acids is 1. The van der Waals surface area contributed by atoms with Crippen molar-refractivity contribution in [3.63, 3.8) is 0 Å². The summed E-state index contributed by atoms with van der Waals surface area (Å²) in [6.07, 6.45) is 7.05. The third-order valence-electron chi connectivity index (χ3n) is 13.9. The second kappa shape index (κ2) is 28.5. The summed E-state index contributed by atoms with van der Waals surface area (Å²) in [5, 5.41) is 30.9. The number of rotatable bonds is 32. The van der Waals surface area contributed by atoms with Crippen molar-refractivity contribution >= 4 is 70.2 Å². The Morgan fingerprint density at radius 3 is 2.08 bits per heavy atom. The maximum atomic E-state index is 14.4. The van der Waals surface area contributed by atoms with Gasteiger partial charge in [0.25, 0.3) is 23.6 Å². The molecule has 23 heteroatoms. The average molecular weight is 1080 g/mol. The number of amides is 6. The summed E-state index contributed by atoms with van der Waals surface area (Å²) in [5.74, 6) is -4.70. The van der Waals surface area contributed by atoms with Crippen LogP contribution in [0.1, 0.15) is 123 Å². The second-order valence-corrected chi connectivity index (χ2v) is 21.4. The van der Waals surface area contributed by atoms with Crippen LogP contribution in [-0.2, 0) is 49.5 Å². The van der Waals surface area contributed by atoms with E-state index in [-0.39, 0.29) is 98.1 Å². The predicted molar refractivity (Wildman–Crippen MR) is 286 cm³/mol. The molecule has 2 aliphatic heterocycles. The molecular weight excluding hydrogens is 1000 g/mol. The molecule has 1 aromatic carbocycles. The lowest BCUT2D eigenvalue weighted by Crippen LogP contribution is -3.09. The van der Waals surface area contributed by atoms with Crippen molar-refractivity contribution in [2.75, 3.05) is 52.6 Å². The number of imide groups is 2. The van der Waals surface area contributed by atoms with Gasteiger partial charge in [-0.3, -0.25) is 58.0 Å². The number of nitrogens with zero attached hydrogens (tertiary/aromatic N) is 6. The Labute approximate surface area is 449 Å². The Bertz CT molecular complexity index is 2450. The van der Waals surface area contributed by atoms with Crippen LogP contribution in [0.25, 0.3) is 0 Å². The standard InChI is InChI=1S/C53H78N10O12S/c1-12-33(4)47(58-52(72)53(7,8)59(9)10)50(69)60(11)40(32(2)3)30-42(74-35(6)64)49-57-39(31-76-49)48(54)56-37(27-34(5)51(70)71)28-36-17-18-41(75-63(73)26-16-25-62-45(67)21-22-46(62)68)38(29-36)55-23-14-13-15-24-61-43(65)19-20-44(61)66/h17-22,29,31-34,37,40,42,47,55,63H,12-16,23-28,30H2,1-11H3,(H2,54,56)(H,58,72)(H,70,71)/t33-,34?,37+,40+,42+,47?/m0/s1. The molecule has 418 valence electrons. The molecule has 0 bridgehead atoms. The number of amidine groups is 1. The molecule has 2 aromatic rings. The van der Waals surface area contributed by atoms with Gasteiger partial charge < -0.3 is 41.2 Å². The summed E-state index contributed by atoms with van der Waals surface area (Å²) >= 11 is 1.19. The Hall–Kier alpha value is -6.56. The van der Waals surface area contributed by atoms with Crippen LogP contribution >= 0.6 is 11.3 Å². The highest BCUT2D eigenvalue weighted by Crippen LogP contribution is 2.32. The summed E-state index contributed by atoms with van der Waals surface area (Å²) < 4.78 is 5.87. The fourth-order valence-corrected chi connectivity index (χ4v) is 9.30. The third kappa shape index (κ3) is 17.5.